The normalized spacial score (nSPS) is 52.0. The average molecular weight is 86.1 g/mol. The molecule has 0 amide bonds. The molecule has 2 fully saturated rings. The van der Waals surface area contributed by atoms with E-state index in [0.29, 0.717) is 6.23 Å². The van der Waals surface area contributed by atoms with E-state index in [0.717, 1.165) is 13.2 Å². The summed E-state index contributed by atoms with van der Waals surface area (Å²) in [6.45, 7) is 1.94. The molecular weight excluding hydrogens is 80.0 g/mol. The van der Waals surface area contributed by atoms with Crippen molar-refractivity contribution in [1.82, 2.24) is 10.4 Å². The second kappa shape index (κ2) is 0.753. The minimum atomic E-state index is 0.435. The molecule has 34 valence electrons. The molecule has 0 radical (unpaired) electrons. The van der Waals surface area contributed by atoms with Crippen LogP contribution in [0.3, 0.4) is 0 Å². The van der Waals surface area contributed by atoms with E-state index in [2.05, 4.69) is 5.32 Å². The van der Waals surface area contributed by atoms with E-state index in [1.807, 2.05) is 5.06 Å². The fourth-order valence-electron chi connectivity index (χ4n) is 0.705. The molecule has 0 saturated carbocycles. The Balaban J connectivity index is 2.09. The minimum Gasteiger partial charge on any atom is -0.298 e. The Kier molecular flexibility index (Phi) is 0.371. The molecule has 2 rings (SSSR count). The monoisotopic (exact) mass is 86.0 g/mol. The van der Waals surface area contributed by atoms with Gasteiger partial charge in [0, 0.05) is 6.54 Å². The molecular formula is C3H6N2O. The minimum absolute atomic E-state index is 0.435. The largest absolute Gasteiger partial charge is 0.298 e. The van der Waals surface area contributed by atoms with Crippen molar-refractivity contribution in [2.45, 2.75) is 6.23 Å². The summed E-state index contributed by atoms with van der Waals surface area (Å²) in [5.41, 5.74) is 0. The summed E-state index contributed by atoms with van der Waals surface area (Å²) in [6.07, 6.45) is 0.435. The highest BCUT2D eigenvalue weighted by Gasteiger charge is 2.40. The second-order valence-corrected chi connectivity index (χ2v) is 1.59. The van der Waals surface area contributed by atoms with Crippen LogP contribution in [-0.2, 0) is 4.84 Å². The third-order valence-electron chi connectivity index (χ3n) is 1.12. The summed E-state index contributed by atoms with van der Waals surface area (Å²) in [4.78, 5) is 4.92. The Morgan fingerprint density at radius 1 is 1.83 bits per heavy atom. The highest BCUT2D eigenvalue weighted by molar-refractivity contribution is 4.74. The molecule has 0 aromatic carbocycles. The van der Waals surface area contributed by atoms with Gasteiger partial charge in [-0.3, -0.25) is 10.2 Å². The molecule has 2 aliphatic heterocycles. The van der Waals surface area contributed by atoms with Crippen molar-refractivity contribution in [1.29, 1.82) is 0 Å². The number of rotatable bonds is 0. The topological polar surface area (TPSA) is 27.6 Å². The van der Waals surface area contributed by atoms with Crippen LogP contribution in [0.4, 0.5) is 0 Å². The number of hydrogen-bond donors (Lipinski definition) is 1. The van der Waals surface area contributed by atoms with Crippen LogP contribution >= 0.6 is 0 Å². The molecule has 2 atom stereocenters. The Hall–Kier alpha value is -0.120. The van der Waals surface area contributed by atoms with Crippen LogP contribution in [0.25, 0.3) is 0 Å². The molecule has 1 N–H and O–H groups in total. The predicted octanol–water partition coefficient (Wildman–Crippen LogP) is -0.880. The molecule has 0 spiro atoms. The van der Waals surface area contributed by atoms with Gasteiger partial charge in [0.25, 0.3) is 0 Å². The van der Waals surface area contributed by atoms with Gasteiger partial charge < -0.3 is 0 Å². The second-order valence-electron chi connectivity index (χ2n) is 1.59. The highest BCUT2D eigenvalue weighted by Crippen LogP contribution is 2.20. The lowest BCUT2D eigenvalue weighted by Gasteiger charge is -1.86. The molecule has 0 aromatic rings. The summed E-state index contributed by atoms with van der Waals surface area (Å²) in [6, 6.07) is 0. The van der Waals surface area contributed by atoms with Gasteiger partial charge in [-0.05, 0) is 0 Å². The molecule has 2 aliphatic rings. The number of fused-ring (bicyclic) bond motifs is 1. The van der Waals surface area contributed by atoms with E-state index < -0.39 is 0 Å². The highest BCUT2D eigenvalue weighted by atomic mass is 16.8. The standard InChI is InChI=1S/C3H6N2O/c1-3-5(6-3)2-4-1/h3-4H,1-2H2. The zero-order valence-corrected chi connectivity index (χ0v) is 3.35. The van der Waals surface area contributed by atoms with Crippen LogP contribution in [0.15, 0.2) is 0 Å². The maximum absolute atomic E-state index is 4.92. The molecule has 6 heavy (non-hydrogen) atoms. The first kappa shape index (κ1) is 2.96. The molecule has 0 aliphatic carbocycles. The van der Waals surface area contributed by atoms with Crippen LogP contribution < -0.4 is 5.32 Å². The lowest BCUT2D eigenvalue weighted by Crippen LogP contribution is -2.13. The molecule has 3 nitrogen and oxygen atoms in total. The van der Waals surface area contributed by atoms with Crippen LogP contribution in [0.5, 0.6) is 0 Å². The SMILES string of the molecule is C1NCN2OC12. The van der Waals surface area contributed by atoms with E-state index in [9.17, 15) is 0 Å². The Morgan fingerprint density at radius 2 is 2.83 bits per heavy atom. The Labute approximate surface area is 35.8 Å². The fourth-order valence-corrected chi connectivity index (χ4v) is 0.705. The van der Waals surface area contributed by atoms with Crippen LogP contribution in [-0.4, -0.2) is 24.5 Å². The van der Waals surface area contributed by atoms with Gasteiger partial charge in [-0.15, -0.1) is 5.06 Å². The summed E-state index contributed by atoms with van der Waals surface area (Å²) >= 11 is 0. The van der Waals surface area contributed by atoms with Gasteiger partial charge >= 0.3 is 0 Å². The van der Waals surface area contributed by atoms with Crippen molar-refractivity contribution in [3.05, 3.63) is 0 Å². The predicted molar refractivity (Wildman–Crippen MR) is 19.6 cm³/mol. The van der Waals surface area contributed by atoms with E-state index in [1.165, 1.54) is 0 Å². The van der Waals surface area contributed by atoms with Crippen molar-refractivity contribution in [3.63, 3.8) is 0 Å². The Bertz CT molecular complexity index is 67.2. The van der Waals surface area contributed by atoms with E-state index in [4.69, 9.17) is 4.84 Å². The molecule has 2 heterocycles. The zero-order chi connectivity index (χ0) is 3.98. The van der Waals surface area contributed by atoms with Crippen molar-refractivity contribution in [3.8, 4) is 0 Å². The van der Waals surface area contributed by atoms with Crippen LogP contribution in [0.2, 0.25) is 0 Å². The maximum atomic E-state index is 4.92. The van der Waals surface area contributed by atoms with Crippen LogP contribution in [0, 0.1) is 0 Å². The molecule has 0 aromatic heterocycles. The first-order valence-electron chi connectivity index (χ1n) is 2.11. The average Bonchev–Trinajstić information content (AvgIpc) is 2.17. The maximum Gasteiger partial charge on any atom is 0.168 e. The van der Waals surface area contributed by atoms with Gasteiger partial charge in [-0.25, -0.2) is 0 Å². The quantitative estimate of drug-likeness (QED) is 0.388. The molecule has 3 heteroatoms. The van der Waals surface area contributed by atoms with Gasteiger partial charge in [0.05, 0.1) is 6.67 Å². The summed E-state index contributed by atoms with van der Waals surface area (Å²) in [5, 5.41) is 5.04. The number of nitrogens with one attached hydrogen (secondary N) is 1. The molecule has 2 saturated heterocycles. The third-order valence-corrected chi connectivity index (χ3v) is 1.12. The van der Waals surface area contributed by atoms with Crippen LogP contribution in [0.1, 0.15) is 0 Å². The number of hydrogen-bond acceptors (Lipinski definition) is 3. The van der Waals surface area contributed by atoms with Crippen molar-refractivity contribution < 1.29 is 4.84 Å². The smallest absolute Gasteiger partial charge is 0.168 e. The van der Waals surface area contributed by atoms with Gasteiger partial charge in [0.2, 0.25) is 0 Å². The van der Waals surface area contributed by atoms with Gasteiger partial charge in [-0.1, -0.05) is 0 Å². The first-order valence-corrected chi connectivity index (χ1v) is 2.11. The fraction of sp³-hybridized carbons (Fsp3) is 1.00. The van der Waals surface area contributed by atoms with Gasteiger partial charge in [0.15, 0.2) is 6.23 Å². The summed E-state index contributed by atoms with van der Waals surface area (Å²) in [5.74, 6) is 0. The third kappa shape index (κ3) is 0.228. The van der Waals surface area contributed by atoms with E-state index in [1.54, 1.807) is 0 Å². The van der Waals surface area contributed by atoms with Crippen molar-refractivity contribution in [2.24, 2.45) is 0 Å². The summed E-state index contributed by atoms with van der Waals surface area (Å²) < 4.78 is 0. The van der Waals surface area contributed by atoms with Gasteiger partial charge in [0.1, 0.15) is 0 Å². The lowest BCUT2D eigenvalue weighted by molar-refractivity contribution is 0.176. The van der Waals surface area contributed by atoms with E-state index >= 15 is 0 Å². The molecule has 2 unspecified atom stereocenters. The van der Waals surface area contributed by atoms with Crippen molar-refractivity contribution in [2.75, 3.05) is 13.2 Å². The van der Waals surface area contributed by atoms with Crippen molar-refractivity contribution >= 4 is 0 Å². The van der Waals surface area contributed by atoms with Gasteiger partial charge in [-0.2, -0.15) is 0 Å². The lowest BCUT2D eigenvalue weighted by atomic mass is 10.7. The number of hydroxylamine groups is 2. The van der Waals surface area contributed by atoms with E-state index in [-0.39, 0.29) is 0 Å². The Morgan fingerprint density at radius 3 is 3.00 bits per heavy atom. The zero-order valence-electron chi connectivity index (χ0n) is 3.35. The summed E-state index contributed by atoms with van der Waals surface area (Å²) in [7, 11) is 0. The number of nitrogens with zero attached hydrogens (tertiary/aromatic N) is 1. The first-order chi connectivity index (χ1) is 2.97. The molecule has 0 bridgehead atoms.